The lowest BCUT2D eigenvalue weighted by molar-refractivity contribution is -0.127. The van der Waals surface area contributed by atoms with E-state index in [2.05, 4.69) is 16.4 Å². The van der Waals surface area contributed by atoms with Crippen molar-refractivity contribution in [1.82, 2.24) is 15.2 Å². The molecule has 1 aromatic heterocycles. The highest BCUT2D eigenvalue weighted by Crippen LogP contribution is 2.50. The van der Waals surface area contributed by atoms with E-state index in [0.717, 1.165) is 49.4 Å². The number of aromatic amines is 1. The minimum atomic E-state index is -0.735. The zero-order valence-electron chi connectivity index (χ0n) is 19.1. The van der Waals surface area contributed by atoms with Gasteiger partial charge in [-0.3, -0.25) is 14.4 Å². The van der Waals surface area contributed by atoms with Gasteiger partial charge in [-0.25, -0.2) is 0 Å². The number of hydrogen-bond donors (Lipinski definition) is 2. The molecular formula is C26H29ClN4O3. The highest BCUT2D eigenvalue weighted by atomic mass is 35.5. The Hall–Kier alpha value is -2.85. The Morgan fingerprint density at radius 3 is 2.79 bits per heavy atom. The van der Waals surface area contributed by atoms with Crippen molar-refractivity contribution in [2.24, 2.45) is 11.3 Å². The number of Topliss-reactive ketones (excluding diaryl/α,β-unsaturated/α-hetero) is 1. The molecule has 2 N–H and O–H groups in total. The number of fused-ring (bicyclic) bond motifs is 1. The Morgan fingerprint density at radius 2 is 2.12 bits per heavy atom. The van der Waals surface area contributed by atoms with Crippen LogP contribution in [0.1, 0.15) is 68.3 Å². The minimum Gasteiger partial charge on any atom is -0.350 e. The molecule has 3 aliphatic rings. The third kappa shape index (κ3) is 4.20. The Morgan fingerprint density at radius 1 is 1.29 bits per heavy atom. The van der Waals surface area contributed by atoms with Gasteiger partial charge in [-0.1, -0.05) is 30.5 Å². The largest absolute Gasteiger partial charge is 0.350 e. The minimum absolute atomic E-state index is 0.0250. The van der Waals surface area contributed by atoms with Crippen LogP contribution in [0.15, 0.2) is 24.3 Å². The van der Waals surface area contributed by atoms with E-state index in [0.29, 0.717) is 36.5 Å². The number of carbonyl (C=O) groups excluding carboxylic acids is 3. The van der Waals surface area contributed by atoms with Gasteiger partial charge in [0.2, 0.25) is 5.91 Å². The van der Waals surface area contributed by atoms with E-state index < -0.39 is 12.1 Å². The summed E-state index contributed by atoms with van der Waals surface area (Å²) in [6.07, 6.45) is 7.24. The predicted molar refractivity (Wildman–Crippen MR) is 128 cm³/mol. The standard InChI is InChI=1S/C26H29ClN4O3/c27-19-6-3-7-20-18(19)12-21(30-20)25(34)31-15-26(9-4-10-26)13-22(31)24(33)29-17(14-28)11-16-5-1-2-8-23(16)32/h3,6-7,12,16-17,22,30H,1-2,4-5,8-11,13,15H2,(H,29,33). The smallest absolute Gasteiger partial charge is 0.271 e. The van der Waals surface area contributed by atoms with E-state index in [-0.39, 0.29) is 28.9 Å². The monoisotopic (exact) mass is 480 g/mol. The van der Waals surface area contributed by atoms with Crippen LogP contribution in [0, 0.1) is 22.7 Å². The maximum absolute atomic E-state index is 13.5. The Balaban J connectivity index is 1.34. The van der Waals surface area contributed by atoms with Gasteiger partial charge in [-0.05, 0) is 62.1 Å². The lowest BCUT2D eigenvalue weighted by atomic mass is 9.67. The molecular weight excluding hydrogens is 452 g/mol. The number of nitriles is 1. The summed E-state index contributed by atoms with van der Waals surface area (Å²) in [5.41, 5.74) is 1.15. The lowest BCUT2D eigenvalue weighted by Crippen LogP contribution is -2.49. The van der Waals surface area contributed by atoms with E-state index >= 15 is 0 Å². The maximum Gasteiger partial charge on any atom is 0.271 e. The molecule has 1 aliphatic heterocycles. The van der Waals surface area contributed by atoms with Crippen LogP contribution in [-0.2, 0) is 9.59 Å². The number of benzene rings is 1. The number of hydrogen-bond acceptors (Lipinski definition) is 4. The van der Waals surface area contributed by atoms with Crippen molar-refractivity contribution in [2.75, 3.05) is 6.54 Å². The number of H-pyrrole nitrogens is 1. The third-order valence-electron chi connectivity index (χ3n) is 8.00. The first-order chi connectivity index (χ1) is 16.4. The first-order valence-electron chi connectivity index (χ1n) is 12.2. The maximum atomic E-state index is 13.5. The molecule has 2 heterocycles. The SMILES string of the molecule is N#CC(CC1CCCCC1=O)NC(=O)C1CC2(CCC2)CN1C(=O)c1cc2c(Cl)cccc2[nH]1. The lowest BCUT2D eigenvalue weighted by Gasteiger charge is -2.37. The van der Waals surface area contributed by atoms with Crippen LogP contribution >= 0.6 is 11.6 Å². The van der Waals surface area contributed by atoms with Crippen LogP contribution in [0.4, 0.5) is 0 Å². The Labute approximate surface area is 203 Å². The van der Waals surface area contributed by atoms with E-state index in [1.165, 1.54) is 0 Å². The molecule has 3 unspecified atom stereocenters. The van der Waals surface area contributed by atoms with Crippen molar-refractivity contribution in [3.05, 3.63) is 35.0 Å². The van der Waals surface area contributed by atoms with Crippen LogP contribution in [0.5, 0.6) is 0 Å². The second-order valence-electron chi connectivity index (χ2n) is 10.2. The summed E-state index contributed by atoms with van der Waals surface area (Å²) in [5, 5.41) is 13.9. The Bertz CT molecular complexity index is 1180. The number of ketones is 1. The molecule has 5 rings (SSSR count). The molecule has 1 spiro atoms. The van der Waals surface area contributed by atoms with Crippen LogP contribution in [0.2, 0.25) is 5.02 Å². The van der Waals surface area contributed by atoms with Gasteiger partial charge in [0.1, 0.15) is 23.6 Å². The number of rotatable bonds is 5. The fourth-order valence-corrected chi connectivity index (χ4v) is 6.16. The Kier molecular flexibility index (Phi) is 6.11. The number of nitrogens with zero attached hydrogens (tertiary/aromatic N) is 2. The van der Waals surface area contributed by atoms with Gasteiger partial charge in [0.15, 0.2) is 0 Å². The van der Waals surface area contributed by atoms with Crippen molar-refractivity contribution in [2.45, 2.75) is 69.9 Å². The molecule has 0 radical (unpaired) electrons. The van der Waals surface area contributed by atoms with Gasteiger partial charge in [0.25, 0.3) is 5.91 Å². The van der Waals surface area contributed by atoms with E-state index in [1.807, 2.05) is 12.1 Å². The van der Waals surface area contributed by atoms with Gasteiger partial charge in [0, 0.05) is 34.8 Å². The van der Waals surface area contributed by atoms with Gasteiger partial charge in [-0.2, -0.15) is 5.26 Å². The first kappa shape index (κ1) is 22.9. The highest BCUT2D eigenvalue weighted by Gasteiger charge is 2.52. The number of carbonyl (C=O) groups is 3. The van der Waals surface area contributed by atoms with Crippen molar-refractivity contribution in [3.8, 4) is 6.07 Å². The van der Waals surface area contributed by atoms with Crippen molar-refractivity contribution >= 4 is 40.1 Å². The average Bonchev–Trinajstić information content (AvgIpc) is 3.43. The summed E-state index contributed by atoms with van der Waals surface area (Å²) in [4.78, 5) is 44.0. The zero-order valence-corrected chi connectivity index (χ0v) is 19.9. The molecule has 2 amide bonds. The normalized spacial score (nSPS) is 24.6. The number of aromatic nitrogens is 1. The molecule has 1 saturated heterocycles. The molecule has 178 valence electrons. The van der Waals surface area contributed by atoms with Gasteiger partial charge < -0.3 is 15.2 Å². The van der Waals surface area contributed by atoms with Crippen LogP contribution in [-0.4, -0.2) is 46.1 Å². The molecule has 3 atom stereocenters. The number of halogens is 1. The van der Waals surface area contributed by atoms with E-state index in [1.54, 1.807) is 17.0 Å². The second kappa shape index (κ2) is 9.07. The molecule has 1 aromatic carbocycles. The third-order valence-corrected chi connectivity index (χ3v) is 8.33. The number of amides is 2. The molecule has 2 aromatic rings. The summed E-state index contributed by atoms with van der Waals surface area (Å²) in [6.45, 7) is 0.533. The molecule has 8 heteroatoms. The van der Waals surface area contributed by atoms with Crippen LogP contribution in [0.25, 0.3) is 10.9 Å². The number of likely N-dealkylation sites (tertiary alicyclic amines) is 1. The fraction of sp³-hybridized carbons (Fsp3) is 0.538. The van der Waals surface area contributed by atoms with Gasteiger partial charge >= 0.3 is 0 Å². The van der Waals surface area contributed by atoms with E-state index in [9.17, 15) is 19.6 Å². The van der Waals surface area contributed by atoms with Gasteiger partial charge in [0.05, 0.1) is 6.07 Å². The van der Waals surface area contributed by atoms with Crippen molar-refractivity contribution in [1.29, 1.82) is 5.26 Å². The summed E-state index contributed by atoms with van der Waals surface area (Å²) in [6, 6.07) is 8.01. The number of nitrogens with one attached hydrogen (secondary N) is 2. The second-order valence-corrected chi connectivity index (χ2v) is 10.6. The molecule has 2 saturated carbocycles. The summed E-state index contributed by atoms with van der Waals surface area (Å²) in [5.74, 6) is -0.522. The molecule has 34 heavy (non-hydrogen) atoms. The predicted octanol–water partition coefficient (Wildman–Crippen LogP) is 4.36. The topological polar surface area (TPSA) is 106 Å². The quantitative estimate of drug-likeness (QED) is 0.662. The highest BCUT2D eigenvalue weighted by molar-refractivity contribution is 6.35. The van der Waals surface area contributed by atoms with Gasteiger partial charge in [-0.15, -0.1) is 0 Å². The molecule has 3 fully saturated rings. The van der Waals surface area contributed by atoms with Crippen LogP contribution < -0.4 is 5.32 Å². The van der Waals surface area contributed by atoms with Crippen molar-refractivity contribution in [3.63, 3.8) is 0 Å². The molecule has 0 bridgehead atoms. The molecule has 7 nitrogen and oxygen atoms in total. The first-order valence-corrected chi connectivity index (χ1v) is 12.6. The van der Waals surface area contributed by atoms with Crippen LogP contribution in [0.3, 0.4) is 0 Å². The fourth-order valence-electron chi connectivity index (χ4n) is 5.93. The zero-order chi connectivity index (χ0) is 23.9. The average molecular weight is 481 g/mol. The summed E-state index contributed by atoms with van der Waals surface area (Å²) >= 11 is 6.29. The van der Waals surface area contributed by atoms with E-state index in [4.69, 9.17) is 11.6 Å². The molecule has 2 aliphatic carbocycles. The van der Waals surface area contributed by atoms with Crippen molar-refractivity contribution < 1.29 is 14.4 Å². The summed E-state index contributed by atoms with van der Waals surface area (Å²) in [7, 11) is 0. The summed E-state index contributed by atoms with van der Waals surface area (Å²) < 4.78 is 0.